The van der Waals surface area contributed by atoms with Gasteiger partial charge in [0.2, 0.25) is 0 Å². The van der Waals surface area contributed by atoms with E-state index in [4.69, 9.17) is 33.4 Å². The molecule has 0 fully saturated rings. The Balaban J connectivity index is 0. The molecule has 0 rings (SSSR count). The predicted octanol–water partition coefficient (Wildman–Crippen LogP) is 1.17. The highest BCUT2D eigenvalue weighted by Gasteiger charge is 2.14. The standard InChI is InChI=1S/2C6H7ClO4/c1-10-5(8)2-3-6(9)11-4-7;1-3(5(8)9)4(2-7)6(10)11/h2-3H,4H2,1H3;2H2,1H3,(H,8,9)(H,10,11)/b3-2+;4-3+. The van der Waals surface area contributed by atoms with Crippen molar-refractivity contribution >= 4 is 47.1 Å². The van der Waals surface area contributed by atoms with E-state index in [2.05, 4.69) is 9.47 Å². The third-order valence-electron chi connectivity index (χ3n) is 1.92. The van der Waals surface area contributed by atoms with Crippen molar-refractivity contribution in [1.29, 1.82) is 0 Å². The minimum atomic E-state index is -1.29. The monoisotopic (exact) mass is 356 g/mol. The highest BCUT2D eigenvalue weighted by Crippen LogP contribution is 2.06. The van der Waals surface area contributed by atoms with Gasteiger partial charge in [0.25, 0.3) is 0 Å². The normalized spacial score (nSPS) is 10.9. The van der Waals surface area contributed by atoms with Gasteiger partial charge in [0, 0.05) is 17.7 Å². The molecule has 0 saturated heterocycles. The van der Waals surface area contributed by atoms with Gasteiger partial charge in [0.15, 0.2) is 6.07 Å². The molecule has 0 aromatic rings. The summed E-state index contributed by atoms with van der Waals surface area (Å²) in [6, 6.07) is -0.232. The molecule has 0 aliphatic heterocycles. The highest BCUT2D eigenvalue weighted by molar-refractivity contribution is 6.23. The Morgan fingerprint density at radius 1 is 1.00 bits per heavy atom. The molecule has 0 aromatic heterocycles. The van der Waals surface area contributed by atoms with E-state index in [1.165, 1.54) is 14.0 Å². The van der Waals surface area contributed by atoms with Crippen molar-refractivity contribution in [2.45, 2.75) is 6.92 Å². The van der Waals surface area contributed by atoms with Gasteiger partial charge in [-0.1, -0.05) is 11.6 Å². The van der Waals surface area contributed by atoms with Gasteiger partial charge in [0.05, 0.1) is 18.6 Å². The number of ether oxygens (including phenoxy) is 2. The molecule has 0 aliphatic rings. The molecule has 0 aliphatic carbocycles. The molecule has 0 heterocycles. The van der Waals surface area contributed by atoms with E-state index in [0.29, 0.717) is 0 Å². The molecule has 2 N–H and O–H groups in total. The molecule has 0 saturated carbocycles. The fourth-order valence-electron chi connectivity index (χ4n) is 0.753. The minimum absolute atomic E-state index is 0.229. The molecule has 10 heteroatoms. The lowest BCUT2D eigenvalue weighted by molar-refractivity contribution is -0.138. The van der Waals surface area contributed by atoms with Gasteiger partial charge >= 0.3 is 23.9 Å². The maximum absolute atomic E-state index is 10.5. The number of hydrogen-bond acceptors (Lipinski definition) is 6. The highest BCUT2D eigenvalue weighted by atomic mass is 35.5. The first kappa shape index (κ1) is 22.2. The number of alkyl halides is 2. The van der Waals surface area contributed by atoms with E-state index >= 15 is 0 Å². The fourth-order valence-corrected chi connectivity index (χ4v) is 1.18. The summed E-state index contributed by atoms with van der Waals surface area (Å²) in [6.07, 6.45) is 1.89. The van der Waals surface area contributed by atoms with Crippen LogP contribution in [0, 0.1) is 0 Å². The van der Waals surface area contributed by atoms with E-state index in [0.717, 1.165) is 12.2 Å². The first-order chi connectivity index (χ1) is 10.2. The zero-order chi connectivity index (χ0) is 17.7. The summed E-state index contributed by atoms with van der Waals surface area (Å²) < 4.78 is 8.48. The number of carbonyl (C=O) groups excluding carboxylic acids is 2. The Kier molecular flexibility index (Phi) is 12.8. The largest absolute Gasteiger partial charge is 0.478 e. The van der Waals surface area contributed by atoms with Crippen molar-refractivity contribution in [3.63, 3.8) is 0 Å². The van der Waals surface area contributed by atoms with E-state index in [-0.39, 0.29) is 23.1 Å². The van der Waals surface area contributed by atoms with Crippen LogP contribution in [0.2, 0.25) is 0 Å². The number of halogens is 2. The number of hydrogen-bond donors (Lipinski definition) is 2. The topological polar surface area (TPSA) is 127 Å². The second kappa shape index (κ2) is 12.7. The average molecular weight is 357 g/mol. The zero-order valence-electron chi connectivity index (χ0n) is 11.7. The molecule has 0 atom stereocenters. The molecule has 0 radical (unpaired) electrons. The van der Waals surface area contributed by atoms with Crippen molar-refractivity contribution in [2.75, 3.05) is 19.1 Å². The number of esters is 2. The number of carboxylic acids is 2. The maximum atomic E-state index is 10.5. The van der Waals surface area contributed by atoms with Crippen LogP contribution < -0.4 is 0 Å². The molecule has 0 amide bonds. The molecule has 124 valence electrons. The van der Waals surface area contributed by atoms with Crippen molar-refractivity contribution in [3.05, 3.63) is 23.3 Å². The van der Waals surface area contributed by atoms with Crippen molar-refractivity contribution in [2.24, 2.45) is 0 Å². The smallest absolute Gasteiger partial charge is 0.333 e. The summed E-state index contributed by atoms with van der Waals surface area (Å²) in [7, 11) is 1.21. The van der Waals surface area contributed by atoms with Gasteiger partial charge in [-0.25, -0.2) is 19.2 Å². The van der Waals surface area contributed by atoms with E-state index < -0.39 is 23.9 Å². The SMILES string of the molecule is C/C(C(=O)O)=C(/CCl)C(=O)O.COC(=O)/C=C/C(=O)OCCl. The van der Waals surface area contributed by atoms with Crippen LogP contribution in [0.5, 0.6) is 0 Å². The van der Waals surface area contributed by atoms with Crippen LogP contribution in [-0.2, 0) is 28.7 Å². The lowest BCUT2D eigenvalue weighted by Crippen LogP contribution is -2.10. The average Bonchev–Trinajstić information content (AvgIpc) is 2.45. The van der Waals surface area contributed by atoms with Crippen molar-refractivity contribution in [3.8, 4) is 0 Å². The summed E-state index contributed by atoms with van der Waals surface area (Å²) in [5.74, 6) is -4.14. The van der Waals surface area contributed by atoms with Crippen molar-refractivity contribution in [1.82, 2.24) is 0 Å². The van der Waals surface area contributed by atoms with Gasteiger partial charge < -0.3 is 19.7 Å². The first-order valence-corrected chi connectivity index (χ1v) is 6.49. The Bertz CT molecular complexity index is 482. The van der Waals surface area contributed by atoms with E-state index in [1.54, 1.807) is 0 Å². The quantitative estimate of drug-likeness (QED) is 0.412. The Morgan fingerprint density at radius 3 is 1.77 bits per heavy atom. The summed E-state index contributed by atoms with van der Waals surface area (Å²) in [5.41, 5.74) is -0.508. The van der Waals surface area contributed by atoms with Gasteiger partial charge in [-0.2, -0.15) is 0 Å². The van der Waals surface area contributed by atoms with Crippen LogP contribution in [0.3, 0.4) is 0 Å². The maximum Gasteiger partial charge on any atom is 0.333 e. The van der Waals surface area contributed by atoms with E-state index in [1.807, 2.05) is 0 Å². The summed E-state index contributed by atoms with van der Waals surface area (Å²) in [5, 5.41) is 16.7. The Morgan fingerprint density at radius 2 is 1.50 bits per heavy atom. The number of carboxylic acid groups (broad SMARTS) is 2. The van der Waals surface area contributed by atoms with Crippen LogP contribution in [-0.4, -0.2) is 53.1 Å². The number of rotatable bonds is 6. The van der Waals surface area contributed by atoms with Crippen LogP contribution in [0.15, 0.2) is 23.3 Å². The number of carbonyl (C=O) groups is 4. The molecule has 0 spiro atoms. The van der Waals surface area contributed by atoms with Gasteiger partial charge in [-0.3, -0.25) is 0 Å². The van der Waals surface area contributed by atoms with Gasteiger partial charge in [-0.15, -0.1) is 11.6 Å². The molecule has 0 bridgehead atoms. The third kappa shape index (κ3) is 10.7. The van der Waals surface area contributed by atoms with Crippen LogP contribution in [0.25, 0.3) is 0 Å². The summed E-state index contributed by atoms with van der Waals surface area (Å²) in [4.78, 5) is 41.3. The van der Waals surface area contributed by atoms with Gasteiger partial charge in [0.1, 0.15) is 0 Å². The molecule has 0 unspecified atom stereocenters. The molecule has 22 heavy (non-hydrogen) atoms. The lowest BCUT2D eigenvalue weighted by Gasteiger charge is -1.98. The Labute approximate surface area is 135 Å². The molecule has 0 aromatic carbocycles. The Hall–Kier alpha value is -2.06. The van der Waals surface area contributed by atoms with Crippen LogP contribution in [0.4, 0.5) is 0 Å². The summed E-state index contributed by atoms with van der Waals surface area (Å²) >= 11 is 10.3. The fraction of sp³-hybridized carbons (Fsp3) is 0.333. The van der Waals surface area contributed by atoms with Crippen LogP contribution >= 0.6 is 23.2 Å². The summed E-state index contributed by atoms with van der Waals surface area (Å²) in [6.45, 7) is 1.20. The third-order valence-corrected chi connectivity index (χ3v) is 2.30. The van der Waals surface area contributed by atoms with Gasteiger partial charge in [-0.05, 0) is 6.92 Å². The number of methoxy groups -OCH3 is 1. The zero-order valence-corrected chi connectivity index (χ0v) is 13.2. The minimum Gasteiger partial charge on any atom is -0.478 e. The predicted molar refractivity (Wildman–Crippen MR) is 76.7 cm³/mol. The van der Waals surface area contributed by atoms with Crippen LogP contribution in [0.1, 0.15) is 6.92 Å². The second-order valence-corrected chi connectivity index (χ2v) is 3.76. The lowest BCUT2D eigenvalue weighted by atomic mass is 10.1. The number of aliphatic carboxylic acids is 2. The van der Waals surface area contributed by atoms with E-state index in [9.17, 15) is 19.2 Å². The molecular formula is C12H14Cl2O8. The second-order valence-electron chi connectivity index (χ2n) is 3.28. The van der Waals surface area contributed by atoms with Crippen molar-refractivity contribution < 1.29 is 38.9 Å². The molecular weight excluding hydrogens is 343 g/mol. The molecule has 8 nitrogen and oxygen atoms in total. The first-order valence-electron chi connectivity index (χ1n) is 5.42.